The monoisotopic (exact) mass is 318 g/mol. The maximum absolute atomic E-state index is 11.9. The van der Waals surface area contributed by atoms with E-state index in [-0.39, 0.29) is 18.6 Å². The number of hydrogen-bond acceptors (Lipinski definition) is 4. The molecule has 1 saturated heterocycles. The largest absolute Gasteiger partial charge is 0.490 e. The zero-order valence-corrected chi connectivity index (χ0v) is 13.6. The Morgan fingerprint density at radius 1 is 1.04 bits per heavy atom. The van der Waals surface area contributed by atoms with Crippen LogP contribution in [0.2, 0.25) is 0 Å². The van der Waals surface area contributed by atoms with Gasteiger partial charge in [-0.15, -0.1) is 0 Å². The molecule has 1 aromatic rings. The van der Waals surface area contributed by atoms with Crippen molar-refractivity contribution in [2.45, 2.75) is 50.7 Å². The van der Waals surface area contributed by atoms with Crippen molar-refractivity contribution < 1.29 is 14.3 Å². The van der Waals surface area contributed by atoms with Crippen LogP contribution in [0.4, 0.5) is 5.69 Å². The molecule has 3 rings (SSSR count). The molecule has 0 unspecified atom stereocenters. The van der Waals surface area contributed by atoms with Gasteiger partial charge in [0.1, 0.15) is 12.4 Å². The number of ether oxygens (including phenoxy) is 2. The highest BCUT2D eigenvalue weighted by atomic mass is 16.5. The summed E-state index contributed by atoms with van der Waals surface area (Å²) < 4.78 is 11.6. The van der Waals surface area contributed by atoms with Crippen LogP contribution >= 0.6 is 0 Å². The molecule has 1 saturated carbocycles. The van der Waals surface area contributed by atoms with Gasteiger partial charge in [-0.1, -0.05) is 0 Å². The highest BCUT2D eigenvalue weighted by Crippen LogP contribution is 2.25. The average molecular weight is 318 g/mol. The summed E-state index contributed by atoms with van der Waals surface area (Å²) in [5, 5.41) is 6.15. The summed E-state index contributed by atoms with van der Waals surface area (Å²) in [6, 6.07) is 7.60. The van der Waals surface area contributed by atoms with Crippen molar-refractivity contribution in [2.24, 2.45) is 0 Å². The lowest BCUT2D eigenvalue weighted by Crippen LogP contribution is -2.34. The average Bonchev–Trinajstić information content (AvgIpc) is 3.09. The SMILES string of the molecule is O=C(COC1CCNCC1)Nc1ccc(OC2CCCC2)cc1. The van der Waals surface area contributed by atoms with Crippen LogP contribution in [0.5, 0.6) is 5.75 Å². The smallest absolute Gasteiger partial charge is 0.250 e. The first-order valence-electron chi connectivity index (χ1n) is 8.68. The van der Waals surface area contributed by atoms with E-state index in [1.165, 1.54) is 12.8 Å². The van der Waals surface area contributed by atoms with E-state index in [0.29, 0.717) is 6.10 Å². The molecule has 2 N–H and O–H groups in total. The number of carbonyl (C=O) groups is 1. The third-order valence-corrected chi connectivity index (χ3v) is 4.48. The molecule has 23 heavy (non-hydrogen) atoms. The summed E-state index contributed by atoms with van der Waals surface area (Å²) >= 11 is 0. The van der Waals surface area contributed by atoms with Gasteiger partial charge in [0.05, 0.1) is 12.2 Å². The number of amides is 1. The van der Waals surface area contributed by atoms with Crippen molar-refractivity contribution >= 4 is 11.6 Å². The summed E-state index contributed by atoms with van der Waals surface area (Å²) in [4.78, 5) is 11.9. The molecule has 0 atom stereocenters. The van der Waals surface area contributed by atoms with E-state index in [1.807, 2.05) is 24.3 Å². The number of benzene rings is 1. The van der Waals surface area contributed by atoms with Crippen LogP contribution in [0.15, 0.2) is 24.3 Å². The minimum Gasteiger partial charge on any atom is -0.490 e. The topological polar surface area (TPSA) is 59.6 Å². The van der Waals surface area contributed by atoms with E-state index < -0.39 is 0 Å². The van der Waals surface area contributed by atoms with Gasteiger partial charge in [0.25, 0.3) is 0 Å². The number of anilines is 1. The Labute approximate surface area is 137 Å². The number of piperidine rings is 1. The van der Waals surface area contributed by atoms with Gasteiger partial charge in [0.2, 0.25) is 5.91 Å². The maximum Gasteiger partial charge on any atom is 0.250 e. The molecule has 5 nitrogen and oxygen atoms in total. The third kappa shape index (κ3) is 5.22. The fourth-order valence-corrected chi connectivity index (χ4v) is 3.17. The maximum atomic E-state index is 11.9. The summed E-state index contributed by atoms with van der Waals surface area (Å²) in [6.07, 6.45) is 7.31. The van der Waals surface area contributed by atoms with Crippen LogP contribution in [0.1, 0.15) is 38.5 Å². The van der Waals surface area contributed by atoms with Crippen LogP contribution in [-0.4, -0.2) is 37.8 Å². The van der Waals surface area contributed by atoms with Gasteiger partial charge in [-0.25, -0.2) is 0 Å². The standard InChI is InChI=1S/C18H26N2O3/c21-18(13-22-15-9-11-19-12-10-15)20-14-5-7-17(8-6-14)23-16-3-1-2-4-16/h5-8,15-16,19H,1-4,9-13H2,(H,20,21). The van der Waals surface area contributed by atoms with E-state index in [9.17, 15) is 4.79 Å². The van der Waals surface area contributed by atoms with Crippen molar-refractivity contribution in [1.82, 2.24) is 5.32 Å². The molecular formula is C18H26N2O3. The van der Waals surface area contributed by atoms with E-state index in [4.69, 9.17) is 9.47 Å². The Kier molecular flexibility index (Phi) is 5.88. The minimum absolute atomic E-state index is 0.104. The van der Waals surface area contributed by atoms with Crippen molar-refractivity contribution in [3.05, 3.63) is 24.3 Å². The molecule has 126 valence electrons. The molecule has 1 aromatic carbocycles. The van der Waals surface area contributed by atoms with Gasteiger partial charge in [-0.05, 0) is 75.9 Å². The first-order valence-corrected chi connectivity index (χ1v) is 8.68. The van der Waals surface area contributed by atoms with Gasteiger partial charge in [0, 0.05) is 5.69 Å². The normalized spacial score (nSPS) is 19.7. The summed E-state index contributed by atoms with van der Waals surface area (Å²) in [5.74, 6) is 0.772. The molecule has 5 heteroatoms. The quantitative estimate of drug-likeness (QED) is 0.847. The highest BCUT2D eigenvalue weighted by molar-refractivity contribution is 5.91. The molecular weight excluding hydrogens is 292 g/mol. The Balaban J connectivity index is 1.40. The lowest BCUT2D eigenvalue weighted by atomic mass is 10.1. The van der Waals surface area contributed by atoms with Crippen molar-refractivity contribution in [2.75, 3.05) is 25.0 Å². The molecule has 2 aliphatic rings. The van der Waals surface area contributed by atoms with Gasteiger partial charge >= 0.3 is 0 Å². The van der Waals surface area contributed by atoms with Crippen LogP contribution < -0.4 is 15.4 Å². The Morgan fingerprint density at radius 3 is 2.43 bits per heavy atom. The second-order valence-corrected chi connectivity index (χ2v) is 6.36. The van der Waals surface area contributed by atoms with Crippen LogP contribution in [0.3, 0.4) is 0 Å². The van der Waals surface area contributed by atoms with Gasteiger partial charge in [0.15, 0.2) is 0 Å². The number of hydrogen-bond donors (Lipinski definition) is 2. The summed E-state index contributed by atoms with van der Waals surface area (Å²) in [7, 11) is 0. The fourth-order valence-electron chi connectivity index (χ4n) is 3.17. The molecule has 0 aromatic heterocycles. The number of rotatable bonds is 6. The van der Waals surface area contributed by atoms with E-state index in [1.54, 1.807) is 0 Å². The van der Waals surface area contributed by atoms with Gasteiger partial charge in [-0.2, -0.15) is 0 Å². The van der Waals surface area contributed by atoms with Crippen molar-refractivity contribution in [3.8, 4) is 5.75 Å². The van der Waals surface area contributed by atoms with E-state index in [0.717, 1.165) is 50.2 Å². The molecule has 1 aliphatic carbocycles. The van der Waals surface area contributed by atoms with Gasteiger partial charge in [-0.3, -0.25) is 4.79 Å². The predicted molar refractivity (Wildman–Crippen MR) is 89.8 cm³/mol. The molecule has 2 fully saturated rings. The zero-order chi connectivity index (χ0) is 15.9. The fraction of sp³-hybridized carbons (Fsp3) is 0.611. The van der Waals surface area contributed by atoms with Crippen LogP contribution in [0.25, 0.3) is 0 Å². The third-order valence-electron chi connectivity index (χ3n) is 4.48. The molecule has 0 bridgehead atoms. The molecule has 0 radical (unpaired) electrons. The Bertz CT molecular complexity index is 491. The molecule has 1 amide bonds. The lowest BCUT2D eigenvalue weighted by molar-refractivity contribution is -0.123. The van der Waals surface area contributed by atoms with Gasteiger partial charge < -0.3 is 20.1 Å². The second kappa shape index (κ2) is 8.31. The Hall–Kier alpha value is -1.59. The summed E-state index contributed by atoms with van der Waals surface area (Å²) in [6.45, 7) is 2.05. The van der Waals surface area contributed by atoms with Crippen LogP contribution in [0, 0.1) is 0 Å². The zero-order valence-electron chi connectivity index (χ0n) is 13.6. The number of nitrogens with one attached hydrogen (secondary N) is 2. The highest BCUT2D eigenvalue weighted by Gasteiger charge is 2.17. The van der Waals surface area contributed by atoms with E-state index >= 15 is 0 Å². The lowest BCUT2D eigenvalue weighted by Gasteiger charge is -2.22. The first kappa shape index (κ1) is 16.3. The molecule has 0 spiro atoms. The molecule has 1 heterocycles. The Morgan fingerprint density at radius 2 is 1.74 bits per heavy atom. The summed E-state index contributed by atoms with van der Waals surface area (Å²) in [5.41, 5.74) is 0.780. The predicted octanol–water partition coefficient (Wildman–Crippen LogP) is 2.72. The first-order chi connectivity index (χ1) is 11.3. The van der Waals surface area contributed by atoms with Crippen molar-refractivity contribution in [1.29, 1.82) is 0 Å². The van der Waals surface area contributed by atoms with Crippen molar-refractivity contribution in [3.63, 3.8) is 0 Å². The van der Waals surface area contributed by atoms with E-state index in [2.05, 4.69) is 10.6 Å². The minimum atomic E-state index is -0.104. The van der Waals surface area contributed by atoms with Crippen LogP contribution in [-0.2, 0) is 9.53 Å². The molecule has 1 aliphatic heterocycles. The number of carbonyl (C=O) groups excluding carboxylic acids is 1. The second-order valence-electron chi connectivity index (χ2n) is 6.36.